The average Bonchev–Trinajstić information content (AvgIpc) is 3.44. The van der Waals surface area contributed by atoms with E-state index in [0.29, 0.717) is 5.56 Å². The van der Waals surface area contributed by atoms with Crippen LogP contribution in [-0.2, 0) is 26.2 Å². The van der Waals surface area contributed by atoms with Gasteiger partial charge >= 0.3 is 5.97 Å². The van der Waals surface area contributed by atoms with Gasteiger partial charge in [-0.15, -0.1) is 6.58 Å². The maximum absolute atomic E-state index is 13.8. The summed E-state index contributed by atoms with van der Waals surface area (Å²) in [4.78, 5) is 57.3. The van der Waals surface area contributed by atoms with Crippen molar-refractivity contribution in [2.24, 2.45) is 0 Å². The lowest BCUT2D eigenvalue weighted by molar-refractivity contribution is -0.144. The number of benzene rings is 2. The Balaban J connectivity index is 1.97. The molecule has 212 valence electrons. The summed E-state index contributed by atoms with van der Waals surface area (Å²) in [5.74, 6) is -2.67. The number of hydrogen-bond donors (Lipinski definition) is 2. The van der Waals surface area contributed by atoms with Gasteiger partial charge in [-0.2, -0.15) is 0 Å². The number of rotatable bonds is 9. The van der Waals surface area contributed by atoms with Gasteiger partial charge in [0.05, 0.1) is 18.2 Å². The number of nitrogens with zero attached hydrogens (tertiary/aromatic N) is 1. The normalized spacial score (nSPS) is 14.1. The molecule has 0 fully saturated rings. The van der Waals surface area contributed by atoms with Crippen molar-refractivity contribution in [3.8, 4) is 0 Å². The van der Waals surface area contributed by atoms with Crippen LogP contribution in [0.1, 0.15) is 72.2 Å². The first-order valence-electron chi connectivity index (χ1n) is 13.4. The van der Waals surface area contributed by atoms with Gasteiger partial charge in [-0.3, -0.25) is 14.4 Å². The van der Waals surface area contributed by atoms with E-state index >= 15 is 0 Å². The van der Waals surface area contributed by atoms with E-state index < -0.39 is 35.1 Å². The van der Waals surface area contributed by atoms with Crippen LogP contribution in [0.2, 0.25) is 0 Å². The Morgan fingerprint density at radius 2 is 1.73 bits per heavy atom. The smallest absolute Gasteiger partial charge is 0.328 e. The highest BCUT2D eigenvalue weighted by molar-refractivity contribution is 6.26. The summed E-state index contributed by atoms with van der Waals surface area (Å²) < 4.78 is 4.76. The highest BCUT2D eigenvalue weighted by Crippen LogP contribution is 2.36. The molecule has 0 bridgehead atoms. The second kappa shape index (κ2) is 11.4. The van der Waals surface area contributed by atoms with Crippen LogP contribution in [0.4, 0.5) is 0 Å². The molecule has 8 heteroatoms. The average molecular weight is 554 g/mol. The van der Waals surface area contributed by atoms with E-state index in [2.05, 4.69) is 23.0 Å². The number of imide groups is 1. The minimum atomic E-state index is -1.02. The number of nitrogens with one attached hydrogen (secondary N) is 2. The molecule has 3 aromatic rings. The molecule has 4 rings (SSSR count). The van der Waals surface area contributed by atoms with Crippen LogP contribution in [-0.4, -0.2) is 46.7 Å². The predicted molar refractivity (Wildman–Crippen MR) is 159 cm³/mol. The van der Waals surface area contributed by atoms with Gasteiger partial charge in [0, 0.05) is 27.6 Å². The molecule has 1 aliphatic rings. The molecule has 3 amide bonds. The summed E-state index contributed by atoms with van der Waals surface area (Å²) in [6, 6.07) is 11.5. The number of amides is 3. The fourth-order valence-corrected chi connectivity index (χ4v) is 4.75. The SMILES string of the molecule is C=CC(C)(C)c1[nH]c2ccc(CC=C(C)C)cc2c1/C=C(\C(=O)N[C@@H](C)C(=O)OC)N1C(=O)c2ccccc2C1=O. The summed E-state index contributed by atoms with van der Waals surface area (Å²) in [5, 5.41) is 3.40. The second-order valence-electron chi connectivity index (χ2n) is 10.9. The van der Waals surface area contributed by atoms with Crippen LogP contribution in [0.3, 0.4) is 0 Å². The lowest BCUT2D eigenvalue weighted by atomic mass is 9.86. The van der Waals surface area contributed by atoms with Crippen LogP contribution in [0.15, 0.2) is 72.5 Å². The number of carbonyl (C=O) groups excluding carboxylic acids is 4. The number of hydrogen-bond acceptors (Lipinski definition) is 5. The number of esters is 1. The minimum Gasteiger partial charge on any atom is -0.467 e. The lowest BCUT2D eigenvalue weighted by Crippen LogP contribution is -2.44. The Bertz CT molecular complexity index is 1600. The second-order valence-corrected chi connectivity index (χ2v) is 10.9. The number of H-pyrrole nitrogens is 1. The van der Waals surface area contributed by atoms with Gasteiger partial charge in [0.1, 0.15) is 11.7 Å². The van der Waals surface area contributed by atoms with Crippen molar-refractivity contribution in [3.63, 3.8) is 0 Å². The van der Waals surface area contributed by atoms with Crippen molar-refractivity contribution in [3.05, 3.63) is 100 Å². The third kappa shape index (κ3) is 5.63. The van der Waals surface area contributed by atoms with E-state index in [-0.39, 0.29) is 16.8 Å². The number of aromatic nitrogens is 1. The molecule has 2 aromatic carbocycles. The first kappa shape index (κ1) is 29.3. The number of allylic oxidation sites excluding steroid dienone is 3. The van der Waals surface area contributed by atoms with Gasteiger partial charge in [-0.1, -0.05) is 49.8 Å². The Labute approximate surface area is 239 Å². The molecular formula is C33H35N3O5. The molecule has 0 aliphatic carbocycles. The zero-order chi connectivity index (χ0) is 30.1. The standard InChI is InChI=1S/C33H35N3O5/c1-8-33(5,6)28-25(24-17-21(14-13-19(2)3)15-16-26(24)35-28)18-27(29(37)34-20(4)32(40)41-7)36-30(38)22-11-9-10-12-23(22)31(36)39/h8-13,15-18,20,35H,1,14H2,2-7H3,(H,34,37)/b27-18+/t20-/m0/s1. The van der Waals surface area contributed by atoms with Crippen molar-refractivity contribution < 1.29 is 23.9 Å². The maximum Gasteiger partial charge on any atom is 0.328 e. The Morgan fingerprint density at radius 1 is 1.10 bits per heavy atom. The molecule has 0 unspecified atom stereocenters. The van der Waals surface area contributed by atoms with Crippen molar-refractivity contribution in [2.45, 2.75) is 52.5 Å². The van der Waals surface area contributed by atoms with Crippen LogP contribution < -0.4 is 5.32 Å². The molecule has 41 heavy (non-hydrogen) atoms. The topological polar surface area (TPSA) is 109 Å². The Hall–Kier alpha value is -4.72. The van der Waals surface area contributed by atoms with Gasteiger partial charge in [0.25, 0.3) is 17.7 Å². The lowest BCUT2D eigenvalue weighted by Gasteiger charge is -2.22. The summed E-state index contributed by atoms with van der Waals surface area (Å²) in [6.45, 7) is 13.5. The largest absolute Gasteiger partial charge is 0.467 e. The molecule has 0 radical (unpaired) electrons. The summed E-state index contributed by atoms with van der Waals surface area (Å²) in [7, 11) is 1.22. The first-order chi connectivity index (χ1) is 19.4. The van der Waals surface area contributed by atoms with Crippen LogP contribution in [0, 0.1) is 0 Å². The zero-order valence-corrected chi connectivity index (χ0v) is 24.3. The third-order valence-corrected chi connectivity index (χ3v) is 7.25. The number of aromatic amines is 1. The molecule has 2 N–H and O–H groups in total. The highest BCUT2D eigenvalue weighted by atomic mass is 16.5. The van der Waals surface area contributed by atoms with E-state index in [0.717, 1.165) is 33.5 Å². The molecule has 0 spiro atoms. The first-order valence-corrected chi connectivity index (χ1v) is 13.4. The quantitative estimate of drug-likeness (QED) is 0.158. The molecule has 1 aromatic heterocycles. The van der Waals surface area contributed by atoms with E-state index in [1.807, 2.05) is 45.9 Å². The van der Waals surface area contributed by atoms with Crippen molar-refractivity contribution in [1.29, 1.82) is 0 Å². The van der Waals surface area contributed by atoms with Crippen LogP contribution in [0.25, 0.3) is 17.0 Å². The van der Waals surface area contributed by atoms with Crippen molar-refractivity contribution >= 4 is 40.7 Å². The van der Waals surface area contributed by atoms with E-state index in [1.165, 1.54) is 19.6 Å². The van der Waals surface area contributed by atoms with E-state index in [1.54, 1.807) is 36.4 Å². The Kier molecular flexibility index (Phi) is 8.14. The number of fused-ring (bicyclic) bond motifs is 2. The molecular weight excluding hydrogens is 518 g/mol. The van der Waals surface area contributed by atoms with Crippen molar-refractivity contribution in [1.82, 2.24) is 15.2 Å². The summed E-state index contributed by atoms with van der Waals surface area (Å²) in [6.07, 6.45) is 6.18. The van der Waals surface area contributed by atoms with Gasteiger partial charge < -0.3 is 15.0 Å². The molecule has 2 heterocycles. The molecule has 1 aliphatic heterocycles. The van der Waals surface area contributed by atoms with Gasteiger partial charge in [-0.05, 0) is 63.1 Å². The van der Waals surface area contributed by atoms with Gasteiger partial charge in [0.2, 0.25) is 0 Å². The maximum atomic E-state index is 13.8. The van der Waals surface area contributed by atoms with Gasteiger partial charge in [-0.25, -0.2) is 9.69 Å². The van der Waals surface area contributed by atoms with E-state index in [9.17, 15) is 19.2 Å². The molecule has 8 nitrogen and oxygen atoms in total. The summed E-state index contributed by atoms with van der Waals surface area (Å²) >= 11 is 0. The minimum absolute atomic E-state index is 0.201. The van der Waals surface area contributed by atoms with Crippen LogP contribution in [0.5, 0.6) is 0 Å². The fourth-order valence-electron chi connectivity index (χ4n) is 4.75. The highest BCUT2D eigenvalue weighted by Gasteiger charge is 2.40. The van der Waals surface area contributed by atoms with E-state index in [4.69, 9.17) is 4.74 Å². The summed E-state index contributed by atoms with van der Waals surface area (Å²) in [5.41, 5.74) is 4.10. The number of ether oxygens (including phenoxy) is 1. The third-order valence-electron chi connectivity index (χ3n) is 7.25. The predicted octanol–water partition coefficient (Wildman–Crippen LogP) is 5.46. The Morgan fingerprint density at radius 3 is 2.29 bits per heavy atom. The number of carbonyl (C=O) groups is 4. The van der Waals surface area contributed by atoms with Crippen LogP contribution >= 0.6 is 0 Å². The zero-order valence-electron chi connectivity index (χ0n) is 24.3. The number of methoxy groups -OCH3 is 1. The fraction of sp³-hybridized carbons (Fsp3) is 0.273. The van der Waals surface area contributed by atoms with Crippen molar-refractivity contribution in [2.75, 3.05) is 7.11 Å². The molecule has 0 saturated heterocycles. The monoisotopic (exact) mass is 553 g/mol. The molecule has 0 saturated carbocycles. The molecule has 1 atom stereocenters. The van der Waals surface area contributed by atoms with Gasteiger partial charge in [0.15, 0.2) is 0 Å².